The van der Waals surface area contributed by atoms with Gasteiger partial charge in [-0.1, -0.05) is 12.1 Å². The van der Waals surface area contributed by atoms with Gasteiger partial charge in [0.25, 0.3) is 5.91 Å². The Balaban J connectivity index is 1.79. The number of likely N-dealkylation sites (N-methyl/N-ethyl adjacent to an activating group) is 1. The molecular formula is C16H15BrN2O5. The summed E-state index contributed by atoms with van der Waals surface area (Å²) in [5.41, 5.74) is 0.604. The number of esters is 1. The first-order valence-corrected chi connectivity index (χ1v) is 7.75. The molecule has 8 heteroatoms. The molecule has 1 aromatic heterocycles. The molecule has 0 radical (unpaired) electrons. The number of carbonyl (C=O) groups excluding carboxylic acids is 3. The Morgan fingerprint density at radius 3 is 2.62 bits per heavy atom. The summed E-state index contributed by atoms with van der Waals surface area (Å²) in [6.07, 6.45) is 1.33. The molecule has 0 unspecified atom stereocenters. The van der Waals surface area contributed by atoms with E-state index in [-0.39, 0.29) is 18.2 Å². The van der Waals surface area contributed by atoms with E-state index >= 15 is 0 Å². The minimum Gasteiger partial charge on any atom is -0.457 e. The highest BCUT2D eigenvalue weighted by atomic mass is 79.9. The summed E-state index contributed by atoms with van der Waals surface area (Å²) in [7, 11) is 1.45. The molecular weight excluding hydrogens is 380 g/mol. The molecule has 0 saturated heterocycles. The summed E-state index contributed by atoms with van der Waals surface area (Å²) in [5.74, 6) is -1.59. The van der Waals surface area contributed by atoms with E-state index in [1.165, 1.54) is 30.3 Å². The fourth-order valence-electron chi connectivity index (χ4n) is 1.76. The van der Waals surface area contributed by atoms with E-state index in [1.807, 2.05) is 6.07 Å². The quantitative estimate of drug-likeness (QED) is 0.759. The van der Waals surface area contributed by atoms with Crippen LogP contribution in [0.5, 0.6) is 0 Å². The smallest absolute Gasteiger partial charge is 0.374 e. The number of furan rings is 1. The molecule has 1 aromatic carbocycles. The van der Waals surface area contributed by atoms with Gasteiger partial charge in [-0.25, -0.2) is 4.79 Å². The van der Waals surface area contributed by atoms with Crippen LogP contribution in [0.3, 0.4) is 0 Å². The average Bonchev–Trinajstić information content (AvgIpc) is 3.09. The second-order valence-corrected chi connectivity index (χ2v) is 5.69. The van der Waals surface area contributed by atoms with Crippen molar-refractivity contribution in [2.24, 2.45) is 0 Å². The largest absolute Gasteiger partial charge is 0.457 e. The SMILES string of the molecule is CN(CC(=O)Nc1ccccc1Br)C(=O)COC(=O)c1ccco1. The highest BCUT2D eigenvalue weighted by molar-refractivity contribution is 9.10. The first-order chi connectivity index (χ1) is 11.5. The molecule has 0 saturated carbocycles. The Hall–Kier alpha value is -2.61. The maximum absolute atomic E-state index is 12.0. The Morgan fingerprint density at radius 2 is 1.96 bits per heavy atom. The summed E-state index contributed by atoms with van der Waals surface area (Å²) in [5, 5.41) is 2.68. The molecule has 0 fully saturated rings. The van der Waals surface area contributed by atoms with Gasteiger partial charge in [0, 0.05) is 11.5 Å². The van der Waals surface area contributed by atoms with E-state index in [9.17, 15) is 14.4 Å². The number of carbonyl (C=O) groups is 3. The van der Waals surface area contributed by atoms with Crippen molar-refractivity contribution in [2.75, 3.05) is 25.5 Å². The number of nitrogens with one attached hydrogen (secondary N) is 1. The second-order valence-electron chi connectivity index (χ2n) is 4.83. The number of para-hydroxylation sites is 1. The zero-order chi connectivity index (χ0) is 17.5. The second kappa shape index (κ2) is 8.30. The van der Waals surface area contributed by atoms with Crippen LogP contribution in [-0.2, 0) is 14.3 Å². The molecule has 0 bridgehead atoms. The van der Waals surface area contributed by atoms with Gasteiger partial charge >= 0.3 is 5.97 Å². The lowest BCUT2D eigenvalue weighted by Crippen LogP contribution is -2.37. The zero-order valence-corrected chi connectivity index (χ0v) is 14.4. The van der Waals surface area contributed by atoms with E-state index in [4.69, 9.17) is 9.15 Å². The molecule has 0 aliphatic heterocycles. The molecule has 0 aliphatic carbocycles. The van der Waals surface area contributed by atoms with Crippen molar-refractivity contribution in [3.63, 3.8) is 0 Å². The van der Waals surface area contributed by atoms with Gasteiger partial charge < -0.3 is 19.4 Å². The van der Waals surface area contributed by atoms with Crippen LogP contribution in [0.1, 0.15) is 10.6 Å². The first kappa shape index (κ1) is 17.7. The molecule has 2 rings (SSSR count). The number of rotatable bonds is 6. The minimum atomic E-state index is -0.737. The van der Waals surface area contributed by atoms with Crippen molar-refractivity contribution >= 4 is 39.4 Å². The molecule has 2 aromatic rings. The van der Waals surface area contributed by atoms with Crippen LogP contribution in [-0.4, -0.2) is 42.9 Å². The highest BCUT2D eigenvalue weighted by Crippen LogP contribution is 2.20. The summed E-state index contributed by atoms with van der Waals surface area (Å²) in [6, 6.07) is 10.1. The predicted octanol–water partition coefficient (Wildman–Crippen LogP) is 2.30. The molecule has 24 heavy (non-hydrogen) atoms. The van der Waals surface area contributed by atoms with E-state index in [1.54, 1.807) is 18.2 Å². The Morgan fingerprint density at radius 1 is 1.21 bits per heavy atom. The van der Waals surface area contributed by atoms with Crippen molar-refractivity contribution < 1.29 is 23.5 Å². The molecule has 2 amide bonds. The van der Waals surface area contributed by atoms with Gasteiger partial charge in [-0.15, -0.1) is 0 Å². The maximum Gasteiger partial charge on any atom is 0.374 e. The molecule has 1 N–H and O–H groups in total. The number of amides is 2. The van der Waals surface area contributed by atoms with Gasteiger partial charge in [-0.2, -0.15) is 0 Å². The van der Waals surface area contributed by atoms with Crippen molar-refractivity contribution in [3.05, 3.63) is 52.9 Å². The monoisotopic (exact) mass is 394 g/mol. The minimum absolute atomic E-state index is 0.0112. The number of ether oxygens (including phenoxy) is 1. The third-order valence-corrected chi connectivity index (χ3v) is 3.70. The lowest BCUT2D eigenvalue weighted by Gasteiger charge is -2.17. The molecule has 0 aliphatic rings. The van der Waals surface area contributed by atoms with Gasteiger partial charge in [0.2, 0.25) is 11.7 Å². The van der Waals surface area contributed by atoms with Crippen molar-refractivity contribution in [1.29, 1.82) is 0 Å². The summed E-state index contributed by atoms with van der Waals surface area (Å²) in [6.45, 7) is -0.642. The topological polar surface area (TPSA) is 88.9 Å². The normalized spacial score (nSPS) is 10.1. The van der Waals surface area contributed by atoms with Crippen LogP contribution in [0.2, 0.25) is 0 Å². The van der Waals surface area contributed by atoms with Crippen LogP contribution < -0.4 is 5.32 Å². The van der Waals surface area contributed by atoms with Gasteiger partial charge in [-0.05, 0) is 40.2 Å². The van der Waals surface area contributed by atoms with Crippen LogP contribution >= 0.6 is 15.9 Å². The standard InChI is InChI=1S/C16H15BrN2O5/c1-19(9-14(20)18-12-6-3-2-5-11(12)17)15(21)10-24-16(22)13-7-4-8-23-13/h2-8H,9-10H2,1H3,(H,18,20). The Labute approximate surface area is 146 Å². The number of hydrogen-bond acceptors (Lipinski definition) is 5. The summed E-state index contributed by atoms with van der Waals surface area (Å²) in [4.78, 5) is 36.6. The number of halogens is 1. The van der Waals surface area contributed by atoms with E-state index in [0.29, 0.717) is 5.69 Å². The average molecular weight is 395 g/mol. The van der Waals surface area contributed by atoms with Crippen LogP contribution in [0, 0.1) is 0 Å². The van der Waals surface area contributed by atoms with E-state index in [0.717, 1.165) is 4.47 Å². The Bertz CT molecular complexity index is 730. The van der Waals surface area contributed by atoms with Crippen molar-refractivity contribution in [2.45, 2.75) is 0 Å². The van der Waals surface area contributed by atoms with Crippen LogP contribution in [0.25, 0.3) is 0 Å². The first-order valence-electron chi connectivity index (χ1n) is 6.96. The lowest BCUT2D eigenvalue weighted by atomic mass is 10.3. The number of benzene rings is 1. The number of nitrogens with zero attached hydrogens (tertiary/aromatic N) is 1. The third kappa shape index (κ3) is 4.95. The van der Waals surface area contributed by atoms with Gasteiger partial charge in [0.1, 0.15) is 0 Å². The van der Waals surface area contributed by atoms with Gasteiger partial charge in [-0.3, -0.25) is 9.59 Å². The molecule has 0 spiro atoms. The summed E-state index contributed by atoms with van der Waals surface area (Å²) >= 11 is 3.32. The maximum atomic E-state index is 12.0. The lowest BCUT2D eigenvalue weighted by molar-refractivity contribution is -0.136. The van der Waals surface area contributed by atoms with Crippen LogP contribution in [0.15, 0.2) is 51.6 Å². The molecule has 0 atom stereocenters. The fourth-order valence-corrected chi connectivity index (χ4v) is 2.14. The number of anilines is 1. The number of hydrogen-bond donors (Lipinski definition) is 1. The van der Waals surface area contributed by atoms with Gasteiger partial charge in [0.05, 0.1) is 18.5 Å². The van der Waals surface area contributed by atoms with Crippen molar-refractivity contribution in [3.8, 4) is 0 Å². The predicted molar refractivity (Wildman–Crippen MR) is 89.4 cm³/mol. The van der Waals surface area contributed by atoms with Crippen molar-refractivity contribution in [1.82, 2.24) is 4.90 Å². The molecule has 126 valence electrons. The Kier molecular flexibility index (Phi) is 6.14. The summed E-state index contributed by atoms with van der Waals surface area (Å²) < 4.78 is 10.4. The zero-order valence-electron chi connectivity index (χ0n) is 12.8. The van der Waals surface area contributed by atoms with Crippen LogP contribution in [0.4, 0.5) is 5.69 Å². The highest BCUT2D eigenvalue weighted by Gasteiger charge is 2.17. The molecule has 7 nitrogen and oxygen atoms in total. The van der Waals surface area contributed by atoms with E-state index < -0.39 is 18.5 Å². The fraction of sp³-hybridized carbons (Fsp3) is 0.188. The third-order valence-electron chi connectivity index (χ3n) is 3.00. The van der Waals surface area contributed by atoms with Gasteiger partial charge in [0.15, 0.2) is 6.61 Å². The van der Waals surface area contributed by atoms with E-state index in [2.05, 4.69) is 21.2 Å². The molecule has 1 heterocycles.